The van der Waals surface area contributed by atoms with Crippen LogP contribution < -0.4 is 0 Å². The van der Waals surface area contributed by atoms with Gasteiger partial charge in [-0.05, 0) is 71.1 Å². The third-order valence-electron chi connectivity index (χ3n) is 6.71. The van der Waals surface area contributed by atoms with E-state index in [-0.39, 0.29) is 17.7 Å². The lowest BCUT2D eigenvalue weighted by Gasteiger charge is -2.39. The monoisotopic (exact) mass is 382 g/mol. The number of hydrogen-bond donors (Lipinski definition) is 0. The molecule has 2 aliphatic rings. The number of rotatable bonds is 10. The normalized spacial score (nSPS) is 22.4. The number of esters is 1. The standard InChI is InChI=1S/C23H42O4/c1-5-7-18-23(6-2,21(24)25-20-16-12-9-13-17-20)27-26-22(3,4)19-14-10-8-11-15-19/h19-20H,5-18H2,1-4H3. The maximum atomic E-state index is 13.1. The van der Waals surface area contributed by atoms with E-state index < -0.39 is 5.60 Å². The van der Waals surface area contributed by atoms with Crippen LogP contribution in [-0.4, -0.2) is 23.3 Å². The summed E-state index contributed by atoms with van der Waals surface area (Å²) in [7, 11) is 0. The maximum Gasteiger partial charge on any atom is 0.342 e. The van der Waals surface area contributed by atoms with Gasteiger partial charge in [0.05, 0.1) is 0 Å². The first-order valence-electron chi connectivity index (χ1n) is 11.5. The highest BCUT2D eigenvalue weighted by Crippen LogP contribution is 2.37. The van der Waals surface area contributed by atoms with Crippen LogP contribution in [-0.2, 0) is 19.3 Å². The topological polar surface area (TPSA) is 44.8 Å². The molecule has 0 amide bonds. The molecule has 0 aromatic carbocycles. The molecule has 158 valence electrons. The molecule has 4 heteroatoms. The van der Waals surface area contributed by atoms with Gasteiger partial charge in [0.2, 0.25) is 0 Å². The van der Waals surface area contributed by atoms with E-state index >= 15 is 0 Å². The van der Waals surface area contributed by atoms with Crippen molar-refractivity contribution in [3.05, 3.63) is 0 Å². The fourth-order valence-corrected chi connectivity index (χ4v) is 4.51. The van der Waals surface area contributed by atoms with Gasteiger partial charge in [-0.3, -0.25) is 0 Å². The first-order valence-corrected chi connectivity index (χ1v) is 11.5. The molecule has 27 heavy (non-hydrogen) atoms. The van der Waals surface area contributed by atoms with Crippen molar-refractivity contribution in [2.45, 2.75) is 135 Å². The minimum Gasteiger partial charge on any atom is -0.460 e. The number of hydrogen-bond acceptors (Lipinski definition) is 4. The molecule has 1 unspecified atom stereocenters. The summed E-state index contributed by atoms with van der Waals surface area (Å²) in [6.07, 6.45) is 14.9. The van der Waals surface area contributed by atoms with Crippen molar-refractivity contribution in [3.8, 4) is 0 Å². The molecule has 0 radical (unpaired) electrons. The third-order valence-corrected chi connectivity index (χ3v) is 6.71. The van der Waals surface area contributed by atoms with E-state index in [1.807, 2.05) is 6.92 Å². The number of carbonyl (C=O) groups excluding carboxylic acids is 1. The molecule has 0 heterocycles. The van der Waals surface area contributed by atoms with Gasteiger partial charge in [-0.25, -0.2) is 14.6 Å². The van der Waals surface area contributed by atoms with E-state index in [1.165, 1.54) is 38.5 Å². The number of unbranched alkanes of at least 4 members (excludes halogenated alkanes) is 1. The zero-order valence-corrected chi connectivity index (χ0v) is 18.2. The van der Waals surface area contributed by atoms with E-state index in [0.717, 1.165) is 38.5 Å². The van der Waals surface area contributed by atoms with Crippen LogP contribution in [0, 0.1) is 5.92 Å². The lowest BCUT2D eigenvalue weighted by molar-refractivity contribution is -0.412. The van der Waals surface area contributed by atoms with E-state index in [0.29, 0.717) is 18.8 Å². The smallest absolute Gasteiger partial charge is 0.342 e. The molecule has 2 rings (SSSR count). The molecule has 4 nitrogen and oxygen atoms in total. The van der Waals surface area contributed by atoms with Crippen LogP contribution in [0.15, 0.2) is 0 Å². The van der Waals surface area contributed by atoms with Crippen LogP contribution in [0.5, 0.6) is 0 Å². The van der Waals surface area contributed by atoms with Crippen molar-refractivity contribution in [1.82, 2.24) is 0 Å². The fraction of sp³-hybridized carbons (Fsp3) is 0.957. The van der Waals surface area contributed by atoms with Crippen LogP contribution in [0.1, 0.15) is 118 Å². The molecule has 0 saturated heterocycles. The fourth-order valence-electron chi connectivity index (χ4n) is 4.51. The van der Waals surface area contributed by atoms with Crippen LogP contribution in [0.4, 0.5) is 0 Å². The highest BCUT2D eigenvalue weighted by atomic mass is 17.2. The minimum absolute atomic E-state index is 0.0498. The van der Waals surface area contributed by atoms with E-state index in [1.54, 1.807) is 0 Å². The van der Waals surface area contributed by atoms with Gasteiger partial charge in [0.1, 0.15) is 11.7 Å². The van der Waals surface area contributed by atoms with Gasteiger partial charge < -0.3 is 4.74 Å². The molecule has 0 spiro atoms. The molecule has 2 aliphatic carbocycles. The Hall–Kier alpha value is -0.610. The van der Waals surface area contributed by atoms with Gasteiger partial charge >= 0.3 is 5.97 Å². The Morgan fingerprint density at radius 2 is 1.48 bits per heavy atom. The quantitative estimate of drug-likeness (QED) is 0.245. The van der Waals surface area contributed by atoms with Crippen molar-refractivity contribution in [1.29, 1.82) is 0 Å². The highest BCUT2D eigenvalue weighted by Gasteiger charge is 2.44. The Kier molecular flexibility index (Phi) is 9.07. The highest BCUT2D eigenvalue weighted by molar-refractivity contribution is 5.79. The predicted molar refractivity (Wildman–Crippen MR) is 108 cm³/mol. The van der Waals surface area contributed by atoms with Crippen molar-refractivity contribution >= 4 is 5.97 Å². The Bertz CT molecular complexity index is 436. The van der Waals surface area contributed by atoms with E-state index in [4.69, 9.17) is 14.5 Å². The Morgan fingerprint density at radius 1 is 0.889 bits per heavy atom. The molecule has 0 N–H and O–H groups in total. The first-order chi connectivity index (χ1) is 12.9. The Morgan fingerprint density at radius 3 is 2.04 bits per heavy atom. The lowest BCUT2D eigenvalue weighted by Crippen LogP contribution is -2.47. The number of ether oxygens (including phenoxy) is 1. The van der Waals surface area contributed by atoms with Gasteiger partial charge in [-0.2, -0.15) is 0 Å². The molecule has 0 aliphatic heterocycles. The summed E-state index contributed by atoms with van der Waals surface area (Å²) in [4.78, 5) is 25.2. The average Bonchev–Trinajstić information content (AvgIpc) is 2.70. The second kappa shape index (κ2) is 10.8. The van der Waals surface area contributed by atoms with Crippen LogP contribution >= 0.6 is 0 Å². The summed E-state index contributed by atoms with van der Waals surface area (Å²) in [5.41, 5.74) is -1.35. The SMILES string of the molecule is CCCCC(CC)(OOC(C)(C)C1CCCCC1)C(=O)OC1CCCCC1. The second-order valence-corrected chi connectivity index (χ2v) is 9.22. The molecule has 0 bridgehead atoms. The van der Waals surface area contributed by atoms with Crippen LogP contribution in [0.25, 0.3) is 0 Å². The van der Waals surface area contributed by atoms with Gasteiger partial charge in [-0.1, -0.05) is 52.4 Å². The average molecular weight is 383 g/mol. The summed E-state index contributed by atoms with van der Waals surface area (Å²) in [5, 5.41) is 0. The van der Waals surface area contributed by atoms with Crippen molar-refractivity contribution in [2.24, 2.45) is 5.92 Å². The van der Waals surface area contributed by atoms with Gasteiger partial charge in [0, 0.05) is 0 Å². The summed E-state index contributed by atoms with van der Waals surface area (Å²) in [6, 6.07) is 0. The largest absolute Gasteiger partial charge is 0.460 e. The third kappa shape index (κ3) is 6.45. The van der Waals surface area contributed by atoms with Crippen molar-refractivity contribution in [2.75, 3.05) is 0 Å². The Balaban J connectivity index is 2.03. The predicted octanol–water partition coefficient (Wildman–Crippen LogP) is 6.51. The number of carbonyl (C=O) groups is 1. The zero-order chi connectivity index (χ0) is 19.8. The lowest BCUT2D eigenvalue weighted by atomic mass is 9.79. The summed E-state index contributed by atoms with van der Waals surface area (Å²) >= 11 is 0. The molecule has 1 atom stereocenters. The molecular formula is C23H42O4. The van der Waals surface area contributed by atoms with Crippen LogP contribution in [0.2, 0.25) is 0 Å². The van der Waals surface area contributed by atoms with E-state index in [9.17, 15) is 4.79 Å². The summed E-state index contributed by atoms with van der Waals surface area (Å²) < 4.78 is 5.91. The minimum atomic E-state index is -0.973. The van der Waals surface area contributed by atoms with Gasteiger partial charge in [-0.15, -0.1) is 0 Å². The second-order valence-electron chi connectivity index (χ2n) is 9.22. The van der Waals surface area contributed by atoms with Crippen molar-refractivity contribution in [3.63, 3.8) is 0 Å². The maximum absolute atomic E-state index is 13.1. The Labute approximate surface area is 166 Å². The van der Waals surface area contributed by atoms with Crippen molar-refractivity contribution < 1.29 is 19.3 Å². The molecule has 0 aromatic rings. The van der Waals surface area contributed by atoms with Gasteiger partial charge in [0.15, 0.2) is 5.60 Å². The van der Waals surface area contributed by atoms with E-state index in [2.05, 4.69) is 20.8 Å². The van der Waals surface area contributed by atoms with Gasteiger partial charge in [0.25, 0.3) is 0 Å². The summed E-state index contributed by atoms with van der Waals surface area (Å²) in [5.74, 6) is 0.270. The molecular weight excluding hydrogens is 340 g/mol. The zero-order valence-electron chi connectivity index (χ0n) is 18.2. The molecule has 2 saturated carbocycles. The van der Waals surface area contributed by atoms with Crippen LogP contribution in [0.3, 0.4) is 0 Å². The first kappa shape index (κ1) is 22.7. The molecule has 2 fully saturated rings. The summed E-state index contributed by atoms with van der Waals surface area (Å²) in [6.45, 7) is 8.36. The molecule has 0 aromatic heterocycles.